The number of rotatable bonds is 9. The summed E-state index contributed by atoms with van der Waals surface area (Å²) in [6.07, 6.45) is 1.31. The predicted octanol–water partition coefficient (Wildman–Crippen LogP) is 6.39. The van der Waals surface area contributed by atoms with E-state index in [1.165, 1.54) is 0 Å². The van der Waals surface area contributed by atoms with Gasteiger partial charge < -0.3 is 19.9 Å². The van der Waals surface area contributed by atoms with Gasteiger partial charge in [-0.2, -0.15) is 0 Å². The number of aromatic hydroxyl groups is 1. The van der Waals surface area contributed by atoms with Gasteiger partial charge in [-0.05, 0) is 56.9 Å². The Morgan fingerprint density at radius 3 is 2.39 bits per heavy atom. The highest BCUT2D eigenvalue weighted by Crippen LogP contribution is 2.33. The van der Waals surface area contributed by atoms with Gasteiger partial charge in [-0.3, -0.25) is 4.79 Å². The highest BCUT2D eigenvalue weighted by Gasteiger charge is 2.19. The second-order valence-corrected chi connectivity index (χ2v) is 9.42. The number of amides is 1. The van der Waals surface area contributed by atoms with Crippen molar-refractivity contribution in [3.05, 3.63) is 88.9 Å². The zero-order valence-electron chi connectivity index (χ0n) is 20.8. The predicted molar refractivity (Wildman–Crippen MR) is 149 cm³/mol. The molecular weight excluding hydrogens is 472 g/mol. The highest BCUT2D eigenvalue weighted by atomic mass is 35.5. The smallest absolute Gasteiger partial charge is 0.227 e. The number of benzene rings is 3. The van der Waals surface area contributed by atoms with E-state index in [1.807, 2.05) is 86.6 Å². The molecule has 0 aliphatic heterocycles. The van der Waals surface area contributed by atoms with E-state index in [0.717, 1.165) is 40.8 Å². The van der Waals surface area contributed by atoms with Crippen LogP contribution in [-0.4, -0.2) is 53.8 Å². The number of nitrogens with zero attached hydrogens (tertiary/aromatic N) is 3. The van der Waals surface area contributed by atoms with Gasteiger partial charge in [-0.15, -0.1) is 0 Å². The fourth-order valence-electron chi connectivity index (χ4n) is 4.14. The van der Waals surface area contributed by atoms with E-state index in [9.17, 15) is 9.90 Å². The summed E-state index contributed by atoms with van der Waals surface area (Å²) < 4.78 is 0. The van der Waals surface area contributed by atoms with Gasteiger partial charge >= 0.3 is 0 Å². The second-order valence-electron chi connectivity index (χ2n) is 8.98. The normalized spacial score (nSPS) is 11.9. The molecule has 36 heavy (non-hydrogen) atoms. The summed E-state index contributed by atoms with van der Waals surface area (Å²) in [4.78, 5) is 24.7. The van der Waals surface area contributed by atoms with Crippen molar-refractivity contribution in [1.29, 1.82) is 0 Å². The molecule has 4 rings (SSSR count). The largest absolute Gasteiger partial charge is 0.494 e. The summed E-state index contributed by atoms with van der Waals surface area (Å²) in [6.45, 7) is 3.41. The second kappa shape index (κ2) is 11.4. The van der Waals surface area contributed by atoms with Crippen LogP contribution in [0.1, 0.15) is 30.9 Å². The third kappa shape index (κ3) is 5.78. The van der Waals surface area contributed by atoms with E-state index in [1.54, 1.807) is 12.1 Å². The summed E-state index contributed by atoms with van der Waals surface area (Å²) >= 11 is 6.17. The topological polar surface area (TPSA) is 71.9 Å². The number of carbonyl (C=O) groups excluding carboxylic acids is 1. The van der Waals surface area contributed by atoms with Crippen molar-refractivity contribution in [2.45, 2.75) is 19.8 Å². The first-order valence-electron chi connectivity index (χ1n) is 12.1. The maximum Gasteiger partial charge on any atom is 0.227 e. The lowest BCUT2D eigenvalue weighted by atomic mass is 10.0. The molecule has 7 heteroatoms. The van der Waals surface area contributed by atoms with Crippen LogP contribution in [0, 0.1) is 0 Å². The van der Waals surface area contributed by atoms with Gasteiger partial charge in [0.2, 0.25) is 5.91 Å². The number of H-pyrrole nitrogens is 1. The first-order valence-corrected chi connectivity index (χ1v) is 12.4. The molecular formula is C29H31ClN4O2. The summed E-state index contributed by atoms with van der Waals surface area (Å²) in [7, 11) is 4.00. The third-order valence-corrected chi connectivity index (χ3v) is 6.20. The van der Waals surface area contributed by atoms with Crippen LogP contribution in [0.2, 0.25) is 5.02 Å². The van der Waals surface area contributed by atoms with Crippen LogP contribution >= 0.6 is 11.6 Å². The van der Waals surface area contributed by atoms with Crippen molar-refractivity contribution >= 4 is 45.5 Å². The number of nitrogens with one attached hydrogen (secondary N) is 1. The molecule has 1 heterocycles. The Balaban J connectivity index is 1.75. The molecule has 0 saturated heterocycles. The lowest BCUT2D eigenvalue weighted by Crippen LogP contribution is -2.36. The maximum absolute atomic E-state index is 12.8. The Labute approximate surface area is 216 Å². The van der Waals surface area contributed by atoms with E-state index in [0.29, 0.717) is 29.3 Å². The number of aromatic nitrogens is 1. The SMILES string of the molecule is CCCC(=O)N(CCN(C)C)c1ccc(N=C(c2ccccc2)c2c(O)[nH]c3cc(Cl)ccc23)cc1. The number of anilines is 1. The Morgan fingerprint density at radius 2 is 1.72 bits per heavy atom. The molecule has 1 amide bonds. The number of aromatic amines is 1. The molecule has 0 aliphatic carbocycles. The zero-order chi connectivity index (χ0) is 25.7. The molecule has 0 radical (unpaired) electrons. The number of halogens is 1. The average molecular weight is 503 g/mol. The first kappa shape index (κ1) is 25.5. The number of fused-ring (bicyclic) bond motifs is 1. The summed E-state index contributed by atoms with van der Waals surface area (Å²) in [5, 5.41) is 12.3. The molecule has 0 unspecified atom stereocenters. The number of carbonyl (C=O) groups is 1. The van der Waals surface area contributed by atoms with E-state index in [-0.39, 0.29) is 11.8 Å². The van der Waals surface area contributed by atoms with Crippen LogP contribution in [0.15, 0.2) is 77.8 Å². The fourth-order valence-corrected chi connectivity index (χ4v) is 4.31. The van der Waals surface area contributed by atoms with Crippen molar-refractivity contribution in [1.82, 2.24) is 9.88 Å². The Morgan fingerprint density at radius 1 is 1.00 bits per heavy atom. The van der Waals surface area contributed by atoms with Gasteiger partial charge in [-0.1, -0.05) is 54.9 Å². The molecule has 3 aromatic carbocycles. The number of hydrogen-bond donors (Lipinski definition) is 2. The third-order valence-electron chi connectivity index (χ3n) is 5.96. The van der Waals surface area contributed by atoms with Crippen LogP contribution in [-0.2, 0) is 4.79 Å². The van der Waals surface area contributed by atoms with Gasteiger partial charge in [0.25, 0.3) is 0 Å². The zero-order valence-corrected chi connectivity index (χ0v) is 21.6. The maximum atomic E-state index is 12.8. The highest BCUT2D eigenvalue weighted by molar-refractivity contribution is 6.31. The lowest BCUT2D eigenvalue weighted by molar-refractivity contribution is -0.118. The van der Waals surface area contributed by atoms with E-state index in [2.05, 4.69) is 9.88 Å². The Hall–Kier alpha value is -3.61. The van der Waals surface area contributed by atoms with E-state index >= 15 is 0 Å². The minimum Gasteiger partial charge on any atom is -0.494 e. The minimum absolute atomic E-state index is 0.0338. The summed E-state index contributed by atoms with van der Waals surface area (Å²) in [5.41, 5.74) is 4.43. The van der Waals surface area contributed by atoms with E-state index < -0.39 is 0 Å². The van der Waals surface area contributed by atoms with Crippen LogP contribution < -0.4 is 4.90 Å². The average Bonchev–Trinajstić information content (AvgIpc) is 3.18. The van der Waals surface area contributed by atoms with Crippen LogP contribution in [0.4, 0.5) is 11.4 Å². The Kier molecular flexibility index (Phi) is 8.08. The quantitative estimate of drug-likeness (QED) is 0.260. The van der Waals surface area contributed by atoms with Crippen molar-refractivity contribution in [2.75, 3.05) is 32.1 Å². The van der Waals surface area contributed by atoms with Gasteiger partial charge in [0.15, 0.2) is 5.88 Å². The molecule has 6 nitrogen and oxygen atoms in total. The molecule has 2 N–H and O–H groups in total. The van der Waals surface area contributed by atoms with Crippen LogP contribution in [0.3, 0.4) is 0 Å². The molecule has 0 atom stereocenters. The minimum atomic E-state index is 0.0338. The molecule has 4 aromatic rings. The van der Waals surface area contributed by atoms with E-state index in [4.69, 9.17) is 16.6 Å². The van der Waals surface area contributed by atoms with Gasteiger partial charge in [0.1, 0.15) is 0 Å². The first-order chi connectivity index (χ1) is 17.4. The number of aliphatic imine (C=N–C) groups is 1. The van der Waals surface area contributed by atoms with Crippen molar-refractivity contribution in [3.8, 4) is 5.88 Å². The van der Waals surface area contributed by atoms with Crippen molar-refractivity contribution in [3.63, 3.8) is 0 Å². The molecule has 186 valence electrons. The molecule has 0 saturated carbocycles. The standard InChI is InChI=1S/C29H31ClN4O2/c1-4-8-26(35)34(18-17-33(2)3)23-14-12-22(13-15-23)31-28(20-9-6-5-7-10-20)27-24-16-11-21(30)19-25(24)32-29(27)36/h5-7,9-16,19,32,36H,4,8,17-18H2,1-3H3. The lowest BCUT2D eigenvalue weighted by Gasteiger charge is -2.24. The molecule has 0 aliphatic rings. The molecule has 1 aromatic heterocycles. The van der Waals surface area contributed by atoms with Crippen molar-refractivity contribution < 1.29 is 9.90 Å². The summed E-state index contributed by atoms with van der Waals surface area (Å²) in [6, 6.07) is 22.9. The monoisotopic (exact) mass is 502 g/mol. The van der Waals surface area contributed by atoms with Gasteiger partial charge in [-0.25, -0.2) is 4.99 Å². The molecule has 0 spiro atoms. The number of likely N-dealkylation sites (N-methyl/N-ethyl adjacent to an activating group) is 1. The fraction of sp³-hybridized carbons (Fsp3) is 0.241. The van der Waals surface area contributed by atoms with Crippen LogP contribution in [0.25, 0.3) is 10.9 Å². The van der Waals surface area contributed by atoms with Gasteiger partial charge in [0.05, 0.1) is 22.5 Å². The van der Waals surface area contributed by atoms with Crippen LogP contribution in [0.5, 0.6) is 5.88 Å². The Bertz CT molecular complexity index is 1360. The van der Waals surface area contributed by atoms with Crippen molar-refractivity contribution in [2.24, 2.45) is 4.99 Å². The number of hydrogen-bond acceptors (Lipinski definition) is 4. The molecule has 0 bridgehead atoms. The molecule has 0 fully saturated rings. The van der Waals surface area contributed by atoms with Gasteiger partial charge in [0, 0.05) is 41.2 Å². The summed E-state index contributed by atoms with van der Waals surface area (Å²) in [5.74, 6) is 0.148.